The molecule has 3 N–H and O–H groups in total. The number of carbonyl (C=O) groups excluding carboxylic acids is 2. The predicted octanol–water partition coefficient (Wildman–Crippen LogP) is 3.49. The number of halogens is 4. The van der Waals surface area contributed by atoms with Crippen molar-refractivity contribution in [3.05, 3.63) is 69.4 Å². The summed E-state index contributed by atoms with van der Waals surface area (Å²) < 4.78 is 42.5. The number of benzene rings is 2. The Morgan fingerprint density at radius 2 is 1.79 bits per heavy atom. The number of hydrogen-bond donors (Lipinski definition) is 3. The fraction of sp³-hybridized carbons (Fsp3) is 0.417. The van der Waals surface area contributed by atoms with Gasteiger partial charge in [-0.2, -0.15) is 0 Å². The fourth-order valence-electron chi connectivity index (χ4n) is 4.27. The molecule has 1 heterocycles. The van der Waals surface area contributed by atoms with Gasteiger partial charge in [-0.3, -0.25) is 9.59 Å². The second-order valence-electron chi connectivity index (χ2n) is 8.74. The average Bonchev–Trinajstić information content (AvgIpc) is 3.60. The summed E-state index contributed by atoms with van der Waals surface area (Å²) in [5.41, 5.74) is -0.647. The van der Waals surface area contributed by atoms with Crippen LogP contribution < -0.4 is 16.0 Å². The van der Waals surface area contributed by atoms with E-state index in [1.165, 1.54) is 0 Å². The van der Waals surface area contributed by atoms with Gasteiger partial charge < -0.3 is 16.0 Å². The Hall–Kier alpha value is -2.39. The van der Waals surface area contributed by atoms with Gasteiger partial charge in [-0.15, -0.1) is 0 Å². The monoisotopic (exact) mass is 523 g/mol. The van der Waals surface area contributed by atoms with Crippen LogP contribution in [0.2, 0.25) is 0 Å². The Kier molecular flexibility index (Phi) is 7.09. The van der Waals surface area contributed by atoms with Gasteiger partial charge in [-0.05, 0) is 56.0 Å². The largest absolute Gasteiger partial charge is 0.350 e. The Balaban J connectivity index is 1.54. The fourth-order valence-corrected chi connectivity index (χ4v) is 4.54. The third-order valence-electron chi connectivity index (χ3n) is 6.33. The Morgan fingerprint density at radius 1 is 1.09 bits per heavy atom. The lowest BCUT2D eigenvalue weighted by molar-refractivity contribution is -0.130. The molecule has 4 rings (SSSR count). The van der Waals surface area contributed by atoms with Crippen LogP contribution in [0.1, 0.15) is 36.8 Å². The van der Waals surface area contributed by atoms with Crippen LogP contribution >= 0.6 is 15.9 Å². The van der Waals surface area contributed by atoms with Crippen LogP contribution in [0.25, 0.3) is 0 Å². The van der Waals surface area contributed by atoms with Crippen molar-refractivity contribution in [2.45, 2.75) is 49.6 Å². The first-order chi connectivity index (χ1) is 15.8. The van der Waals surface area contributed by atoms with Crippen molar-refractivity contribution in [2.24, 2.45) is 0 Å². The van der Waals surface area contributed by atoms with Crippen LogP contribution in [0.5, 0.6) is 0 Å². The molecule has 2 amide bonds. The van der Waals surface area contributed by atoms with Crippen LogP contribution in [-0.4, -0.2) is 37.0 Å². The second-order valence-corrected chi connectivity index (χ2v) is 9.65. The summed E-state index contributed by atoms with van der Waals surface area (Å²) in [5, 5.41) is 8.99. The molecule has 0 radical (unpaired) electrons. The van der Waals surface area contributed by atoms with Crippen LogP contribution in [0.15, 0.2) is 40.9 Å². The summed E-state index contributed by atoms with van der Waals surface area (Å²) in [6.07, 6.45) is 2.59. The van der Waals surface area contributed by atoms with Gasteiger partial charge in [0, 0.05) is 35.1 Å². The second kappa shape index (κ2) is 9.85. The molecule has 2 fully saturated rings. The first-order valence-electron chi connectivity index (χ1n) is 11.0. The highest BCUT2D eigenvalue weighted by Gasteiger charge is 2.53. The quantitative estimate of drug-likeness (QED) is 0.486. The van der Waals surface area contributed by atoms with Gasteiger partial charge in [0.1, 0.15) is 11.9 Å². The molecule has 2 atom stereocenters. The van der Waals surface area contributed by atoms with Gasteiger partial charge in [0.2, 0.25) is 11.8 Å². The van der Waals surface area contributed by atoms with Gasteiger partial charge in [0.15, 0.2) is 11.6 Å². The molecular weight excluding hydrogens is 499 g/mol. The molecule has 1 aliphatic carbocycles. The molecule has 176 valence electrons. The van der Waals surface area contributed by atoms with Crippen LogP contribution in [0.4, 0.5) is 13.2 Å². The molecular formula is C24H25BrF3N3O2. The van der Waals surface area contributed by atoms with Crippen molar-refractivity contribution in [2.75, 3.05) is 13.1 Å². The molecule has 0 unspecified atom stereocenters. The maximum Gasteiger partial charge on any atom is 0.243 e. The molecule has 1 saturated heterocycles. The van der Waals surface area contributed by atoms with Gasteiger partial charge in [0.25, 0.3) is 0 Å². The third kappa shape index (κ3) is 5.41. The SMILES string of the molecule is O=C(N[C@@H]1CCCNC1)[C@H](Cc1ccc(Br)cc1)NC(=O)C1(c2cc(F)c(F)cc2F)CC1. The van der Waals surface area contributed by atoms with Crippen molar-refractivity contribution in [3.63, 3.8) is 0 Å². The average molecular weight is 524 g/mol. The van der Waals surface area contributed by atoms with E-state index < -0.39 is 34.8 Å². The zero-order chi connectivity index (χ0) is 23.6. The summed E-state index contributed by atoms with van der Waals surface area (Å²) in [6.45, 7) is 1.54. The summed E-state index contributed by atoms with van der Waals surface area (Å²) >= 11 is 3.38. The van der Waals surface area contributed by atoms with Gasteiger partial charge >= 0.3 is 0 Å². The third-order valence-corrected chi connectivity index (χ3v) is 6.86. The van der Waals surface area contributed by atoms with Crippen molar-refractivity contribution < 1.29 is 22.8 Å². The van der Waals surface area contributed by atoms with E-state index in [1.54, 1.807) is 0 Å². The van der Waals surface area contributed by atoms with Crippen LogP contribution in [0, 0.1) is 17.5 Å². The van der Waals surface area contributed by atoms with E-state index in [-0.39, 0.29) is 23.9 Å². The van der Waals surface area contributed by atoms with E-state index >= 15 is 0 Å². The highest BCUT2D eigenvalue weighted by Crippen LogP contribution is 2.49. The molecule has 5 nitrogen and oxygen atoms in total. The summed E-state index contributed by atoms with van der Waals surface area (Å²) in [5.74, 6) is -4.38. The van der Waals surface area contributed by atoms with E-state index in [0.717, 1.165) is 35.5 Å². The zero-order valence-electron chi connectivity index (χ0n) is 17.9. The highest BCUT2D eigenvalue weighted by molar-refractivity contribution is 9.10. The van der Waals surface area contributed by atoms with E-state index in [9.17, 15) is 22.8 Å². The number of piperidine rings is 1. The molecule has 2 aromatic carbocycles. The maximum atomic E-state index is 14.4. The van der Waals surface area contributed by atoms with E-state index in [0.29, 0.717) is 25.5 Å². The number of carbonyl (C=O) groups is 2. The lowest BCUT2D eigenvalue weighted by atomic mass is 9.93. The van der Waals surface area contributed by atoms with Gasteiger partial charge in [-0.25, -0.2) is 13.2 Å². The summed E-state index contributed by atoms with van der Waals surface area (Å²) in [7, 11) is 0. The van der Waals surface area contributed by atoms with E-state index in [1.807, 2.05) is 24.3 Å². The first-order valence-corrected chi connectivity index (χ1v) is 11.8. The molecule has 0 aromatic heterocycles. The minimum absolute atomic E-state index is 0.0471. The van der Waals surface area contributed by atoms with E-state index in [4.69, 9.17) is 0 Å². The number of nitrogens with one attached hydrogen (secondary N) is 3. The van der Waals surface area contributed by atoms with Crippen molar-refractivity contribution in [1.82, 2.24) is 16.0 Å². The summed E-state index contributed by atoms with van der Waals surface area (Å²) in [4.78, 5) is 26.4. The smallest absolute Gasteiger partial charge is 0.243 e. The lowest BCUT2D eigenvalue weighted by Crippen LogP contribution is -2.55. The molecule has 9 heteroatoms. The van der Waals surface area contributed by atoms with Gasteiger partial charge in [0.05, 0.1) is 5.41 Å². The number of rotatable bonds is 7. The minimum Gasteiger partial charge on any atom is -0.350 e. The van der Waals surface area contributed by atoms with Gasteiger partial charge in [-0.1, -0.05) is 28.1 Å². The molecule has 33 heavy (non-hydrogen) atoms. The molecule has 0 bridgehead atoms. The number of amides is 2. The molecule has 0 spiro atoms. The molecule has 1 saturated carbocycles. The first kappa shape index (κ1) is 23.8. The predicted molar refractivity (Wildman–Crippen MR) is 121 cm³/mol. The van der Waals surface area contributed by atoms with E-state index in [2.05, 4.69) is 31.9 Å². The summed E-state index contributed by atoms with van der Waals surface area (Å²) in [6, 6.07) is 7.64. The standard InChI is InChI=1S/C24H25BrF3N3O2/c25-15-5-3-14(4-6-15)10-21(22(32)30-16-2-1-9-29-13-16)31-23(33)24(7-8-24)17-11-19(27)20(28)12-18(17)26/h3-6,11-12,16,21,29H,1-2,7-10,13H2,(H,30,32)(H,31,33)/t16-,21+/m1/s1. The van der Waals surface area contributed by atoms with Crippen molar-refractivity contribution in [1.29, 1.82) is 0 Å². The highest BCUT2D eigenvalue weighted by atomic mass is 79.9. The minimum atomic E-state index is -1.30. The lowest BCUT2D eigenvalue weighted by Gasteiger charge is -2.28. The van der Waals surface area contributed by atoms with Crippen LogP contribution in [-0.2, 0) is 21.4 Å². The maximum absolute atomic E-state index is 14.4. The topological polar surface area (TPSA) is 70.2 Å². The Bertz CT molecular complexity index is 1040. The Labute approximate surface area is 198 Å². The zero-order valence-corrected chi connectivity index (χ0v) is 19.5. The molecule has 2 aliphatic rings. The molecule has 1 aliphatic heterocycles. The normalized spacial score (nSPS) is 20.1. The molecule has 2 aromatic rings. The Morgan fingerprint density at radius 3 is 2.42 bits per heavy atom. The van der Waals surface area contributed by atoms with Crippen molar-refractivity contribution in [3.8, 4) is 0 Å². The van der Waals surface area contributed by atoms with Crippen LogP contribution in [0.3, 0.4) is 0 Å². The number of hydrogen-bond acceptors (Lipinski definition) is 3. The van der Waals surface area contributed by atoms with Crippen molar-refractivity contribution >= 4 is 27.7 Å².